The van der Waals surface area contributed by atoms with Crippen molar-refractivity contribution in [2.24, 2.45) is 5.92 Å². The van der Waals surface area contributed by atoms with Gasteiger partial charge in [0.2, 0.25) is 0 Å². The van der Waals surface area contributed by atoms with E-state index in [2.05, 4.69) is 13.6 Å². The van der Waals surface area contributed by atoms with Crippen LogP contribution in [0, 0.1) is 5.92 Å². The monoisotopic (exact) mass is 229 g/mol. The molecule has 3 heterocycles. The Kier molecular flexibility index (Phi) is 2.22. The highest BCUT2D eigenvalue weighted by Gasteiger charge is 2.38. The Morgan fingerprint density at radius 1 is 1.36 bits per heavy atom. The van der Waals surface area contributed by atoms with Crippen molar-refractivity contribution in [3.63, 3.8) is 0 Å². The summed E-state index contributed by atoms with van der Waals surface area (Å²) < 4.78 is 8.38. The molecule has 1 aromatic rings. The molecule has 3 unspecified atom stereocenters. The molecule has 5 heteroatoms. The van der Waals surface area contributed by atoms with E-state index < -0.39 is 0 Å². The van der Waals surface area contributed by atoms with Gasteiger partial charge in [-0.25, -0.2) is 0 Å². The minimum atomic E-state index is 0.545. The van der Waals surface area contributed by atoms with Gasteiger partial charge in [-0.1, -0.05) is 11.6 Å². The normalized spacial score (nSPS) is 36.2. The molecule has 0 aromatic carbocycles. The molecule has 0 spiro atoms. The van der Waals surface area contributed by atoms with E-state index in [0.717, 1.165) is 18.2 Å². The van der Waals surface area contributed by atoms with Crippen LogP contribution in [-0.2, 0) is 0 Å². The van der Waals surface area contributed by atoms with Gasteiger partial charge in [0.05, 0.1) is 17.4 Å². The number of halogens is 1. The largest absolute Gasteiger partial charge is 0.302 e. The molecular weight excluding hydrogens is 218 g/mol. The fourth-order valence-corrected chi connectivity index (χ4v) is 3.57. The van der Waals surface area contributed by atoms with Crippen molar-refractivity contribution in [3.8, 4) is 0 Å². The van der Waals surface area contributed by atoms with Gasteiger partial charge in [-0.3, -0.25) is 0 Å². The summed E-state index contributed by atoms with van der Waals surface area (Å²) in [6.07, 6.45) is 2.66. The average Bonchev–Trinajstić information content (AvgIpc) is 2.71. The first-order valence-electron chi connectivity index (χ1n) is 5.05. The number of hydrogen-bond donors (Lipinski definition) is 0. The van der Waals surface area contributed by atoms with E-state index in [1.165, 1.54) is 37.7 Å². The molecule has 0 aliphatic carbocycles. The molecule has 2 aliphatic heterocycles. The molecule has 1 aromatic heterocycles. The lowest BCUT2D eigenvalue weighted by Gasteiger charge is -2.21. The van der Waals surface area contributed by atoms with Gasteiger partial charge >= 0.3 is 0 Å². The molecule has 3 rings (SSSR count). The van der Waals surface area contributed by atoms with Gasteiger partial charge in [-0.15, -0.1) is 0 Å². The number of piperidine rings is 1. The van der Waals surface area contributed by atoms with Gasteiger partial charge in [0, 0.05) is 19.0 Å². The maximum Gasteiger partial charge on any atom is 0.166 e. The van der Waals surface area contributed by atoms with Crippen LogP contribution < -0.4 is 0 Å². The Balaban J connectivity index is 1.89. The zero-order valence-corrected chi connectivity index (χ0v) is 9.39. The molecule has 0 saturated carbocycles. The molecule has 3 atom stereocenters. The van der Waals surface area contributed by atoms with Crippen molar-refractivity contribution in [2.45, 2.75) is 18.8 Å². The third-order valence-electron chi connectivity index (χ3n) is 3.39. The number of nitrogens with zero attached hydrogens (tertiary/aromatic N) is 3. The van der Waals surface area contributed by atoms with Gasteiger partial charge in [-0.2, -0.15) is 8.75 Å². The Labute approximate surface area is 92.4 Å². The van der Waals surface area contributed by atoms with E-state index in [1.54, 1.807) is 0 Å². The summed E-state index contributed by atoms with van der Waals surface area (Å²) in [5, 5.41) is 0.633. The summed E-state index contributed by atoms with van der Waals surface area (Å²) in [6.45, 7) is 3.62. The SMILES string of the molecule is Clc1nsnc1C1CN2CCCC1C2. The summed E-state index contributed by atoms with van der Waals surface area (Å²) >= 11 is 7.27. The number of hydrogen-bond acceptors (Lipinski definition) is 4. The zero-order valence-electron chi connectivity index (χ0n) is 7.82. The highest BCUT2D eigenvalue weighted by molar-refractivity contribution is 6.99. The number of fused-ring (bicyclic) bond motifs is 2. The lowest BCUT2D eigenvalue weighted by molar-refractivity contribution is 0.269. The van der Waals surface area contributed by atoms with E-state index >= 15 is 0 Å². The molecule has 2 saturated heterocycles. The van der Waals surface area contributed by atoms with E-state index in [-0.39, 0.29) is 0 Å². The molecule has 3 nitrogen and oxygen atoms in total. The summed E-state index contributed by atoms with van der Waals surface area (Å²) in [7, 11) is 0. The molecule has 0 N–H and O–H groups in total. The van der Waals surface area contributed by atoms with Crippen LogP contribution in [0.5, 0.6) is 0 Å². The van der Waals surface area contributed by atoms with Crippen molar-refractivity contribution in [2.75, 3.05) is 19.6 Å². The fourth-order valence-electron chi connectivity index (χ4n) is 2.73. The second-order valence-electron chi connectivity index (χ2n) is 4.21. The van der Waals surface area contributed by atoms with Gasteiger partial charge < -0.3 is 4.90 Å². The Bertz CT molecular complexity index is 341. The van der Waals surface area contributed by atoms with E-state index in [1.807, 2.05) is 0 Å². The van der Waals surface area contributed by atoms with Crippen molar-refractivity contribution in [1.82, 2.24) is 13.6 Å². The minimum Gasteiger partial charge on any atom is -0.302 e. The quantitative estimate of drug-likeness (QED) is 0.738. The molecule has 2 bridgehead atoms. The van der Waals surface area contributed by atoms with Crippen molar-refractivity contribution in [1.29, 1.82) is 0 Å². The van der Waals surface area contributed by atoms with Crippen LogP contribution in [0.25, 0.3) is 0 Å². The van der Waals surface area contributed by atoms with Gasteiger partial charge in [-0.05, 0) is 25.3 Å². The van der Waals surface area contributed by atoms with Crippen LogP contribution in [0.2, 0.25) is 5.15 Å². The second kappa shape index (κ2) is 3.43. The smallest absolute Gasteiger partial charge is 0.166 e. The first kappa shape index (κ1) is 9.07. The van der Waals surface area contributed by atoms with Crippen LogP contribution in [-0.4, -0.2) is 33.3 Å². The summed E-state index contributed by atoms with van der Waals surface area (Å²) in [5.74, 6) is 1.31. The summed E-state index contributed by atoms with van der Waals surface area (Å²) in [5.41, 5.74) is 1.05. The lowest BCUT2D eigenvalue weighted by atomic mass is 9.89. The topological polar surface area (TPSA) is 29.0 Å². The first-order chi connectivity index (χ1) is 6.84. The molecule has 2 fully saturated rings. The summed E-state index contributed by atoms with van der Waals surface area (Å²) in [4.78, 5) is 2.52. The Morgan fingerprint density at radius 2 is 2.29 bits per heavy atom. The van der Waals surface area contributed by atoms with Crippen LogP contribution in [0.15, 0.2) is 0 Å². The van der Waals surface area contributed by atoms with Crippen LogP contribution in [0.3, 0.4) is 0 Å². The molecular formula is C9H12ClN3S. The molecule has 76 valence electrons. The van der Waals surface area contributed by atoms with Crippen molar-refractivity contribution < 1.29 is 0 Å². The predicted molar refractivity (Wildman–Crippen MR) is 56.8 cm³/mol. The highest BCUT2D eigenvalue weighted by Crippen LogP contribution is 2.40. The average molecular weight is 230 g/mol. The maximum absolute atomic E-state index is 6.03. The van der Waals surface area contributed by atoms with Crippen molar-refractivity contribution in [3.05, 3.63) is 10.8 Å². The van der Waals surface area contributed by atoms with Crippen LogP contribution in [0.1, 0.15) is 24.5 Å². The van der Waals surface area contributed by atoms with Crippen molar-refractivity contribution >= 4 is 23.3 Å². The Morgan fingerprint density at radius 3 is 3.00 bits per heavy atom. The minimum absolute atomic E-state index is 0.545. The molecule has 2 aliphatic rings. The zero-order chi connectivity index (χ0) is 9.54. The fraction of sp³-hybridized carbons (Fsp3) is 0.778. The molecule has 14 heavy (non-hydrogen) atoms. The maximum atomic E-state index is 6.03. The highest BCUT2D eigenvalue weighted by atomic mass is 35.5. The van der Waals surface area contributed by atoms with E-state index in [4.69, 9.17) is 11.6 Å². The Hall–Kier alpha value is -0.190. The number of aromatic nitrogens is 2. The second-order valence-corrected chi connectivity index (χ2v) is 5.10. The number of rotatable bonds is 1. The molecule has 0 amide bonds. The summed E-state index contributed by atoms with van der Waals surface area (Å²) in [6, 6.07) is 0. The van der Waals surface area contributed by atoms with Gasteiger partial charge in [0.1, 0.15) is 0 Å². The van der Waals surface area contributed by atoms with Gasteiger partial charge in [0.15, 0.2) is 5.15 Å². The van der Waals surface area contributed by atoms with Crippen LogP contribution >= 0.6 is 23.3 Å². The predicted octanol–water partition coefficient (Wildman–Crippen LogP) is 2.00. The van der Waals surface area contributed by atoms with Gasteiger partial charge in [0.25, 0.3) is 0 Å². The third kappa shape index (κ3) is 1.36. The third-order valence-corrected chi connectivity index (χ3v) is 4.31. The van der Waals surface area contributed by atoms with E-state index in [0.29, 0.717) is 11.1 Å². The molecule has 0 radical (unpaired) electrons. The van der Waals surface area contributed by atoms with Crippen LogP contribution in [0.4, 0.5) is 0 Å². The standard InChI is InChI=1S/C9H12ClN3S/c10-9-8(11-14-12-9)7-5-13-3-1-2-6(7)4-13/h6-7H,1-5H2. The first-order valence-corrected chi connectivity index (χ1v) is 6.16. The lowest BCUT2D eigenvalue weighted by Crippen LogP contribution is -2.25. The van der Waals surface area contributed by atoms with E-state index in [9.17, 15) is 0 Å².